The molecule has 0 radical (unpaired) electrons. The van der Waals surface area contributed by atoms with Crippen LogP contribution in [0.25, 0.3) is 0 Å². The highest BCUT2D eigenvalue weighted by Gasteiger charge is 2.45. The lowest BCUT2D eigenvalue weighted by molar-refractivity contribution is -0.387. The van der Waals surface area contributed by atoms with Gasteiger partial charge in [0.1, 0.15) is 5.69 Å². The maximum absolute atomic E-state index is 11.7. The van der Waals surface area contributed by atoms with Crippen molar-refractivity contribution in [2.75, 3.05) is 18.5 Å². The topological polar surface area (TPSA) is 107 Å². The minimum atomic E-state index is -4.18. The number of benzene rings is 2. The number of sulfonamides is 1. The van der Waals surface area contributed by atoms with Gasteiger partial charge in [0.25, 0.3) is 0 Å². The Morgan fingerprint density at radius 2 is 1.80 bits per heavy atom. The predicted octanol–water partition coefficient (Wildman–Crippen LogP) is 2.41. The first kappa shape index (κ1) is 17.4. The van der Waals surface area contributed by atoms with Crippen molar-refractivity contribution in [3.05, 3.63) is 64.2 Å². The lowest BCUT2D eigenvalue weighted by atomic mass is 9.95. The maximum atomic E-state index is 11.7. The van der Waals surface area contributed by atoms with Gasteiger partial charge in [0.2, 0.25) is 10.0 Å². The van der Waals surface area contributed by atoms with E-state index in [4.69, 9.17) is 5.14 Å². The van der Waals surface area contributed by atoms with Crippen molar-refractivity contribution in [3.63, 3.8) is 0 Å². The molecule has 1 saturated carbocycles. The number of para-hydroxylation sites is 1. The number of nitro benzene ring substituents is 1. The SMILES string of the molecule is CN(CC1(c2ccccc2)CC1)c1cccc(S(N)(=O)=O)c1[N+](=O)[O-]. The minimum Gasteiger partial charge on any atom is -0.368 e. The van der Waals surface area contributed by atoms with Crippen molar-refractivity contribution in [1.82, 2.24) is 0 Å². The molecule has 1 fully saturated rings. The number of nitro groups is 1. The highest BCUT2D eigenvalue weighted by atomic mass is 32.2. The lowest BCUT2D eigenvalue weighted by Gasteiger charge is -2.26. The summed E-state index contributed by atoms with van der Waals surface area (Å²) in [4.78, 5) is 12.1. The molecule has 8 heteroatoms. The molecule has 25 heavy (non-hydrogen) atoms. The van der Waals surface area contributed by atoms with Gasteiger partial charge in [-0.05, 0) is 30.5 Å². The van der Waals surface area contributed by atoms with Crippen LogP contribution in [-0.2, 0) is 15.4 Å². The quantitative estimate of drug-likeness (QED) is 0.628. The molecule has 0 aliphatic heterocycles. The summed E-state index contributed by atoms with van der Waals surface area (Å²) in [6.07, 6.45) is 1.98. The molecule has 132 valence electrons. The molecular weight excluding hydrogens is 342 g/mol. The molecule has 0 spiro atoms. The van der Waals surface area contributed by atoms with Gasteiger partial charge in [0.15, 0.2) is 4.90 Å². The van der Waals surface area contributed by atoms with Crippen LogP contribution in [0.2, 0.25) is 0 Å². The first-order valence-electron chi connectivity index (χ1n) is 7.81. The number of hydrogen-bond acceptors (Lipinski definition) is 5. The van der Waals surface area contributed by atoms with Gasteiger partial charge in [-0.25, -0.2) is 13.6 Å². The summed E-state index contributed by atoms with van der Waals surface area (Å²) in [5, 5.41) is 16.6. The Kier molecular flexibility index (Phi) is 4.26. The second kappa shape index (κ2) is 6.12. The minimum absolute atomic E-state index is 0.0541. The zero-order chi connectivity index (χ0) is 18.2. The van der Waals surface area contributed by atoms with Gasteiger partial charge in [-0.3, -0.25) is 10.1 Å². The smallest absolute Gasteiger partial charge is 0.312 e. The fourth-order valence-corrected chi connectivity index (χ4v) is 3.97. The average molecular weight is 361 g/mol. The fourth-order valence-electron chi connectivity index (χ4n) is 3.25. The molecule has 0 unspecified atom stereocenters. The molecule has 2 aromatic rings. The summed E-state index contributed by atoms with van der Waals surface area (Å²) in [6.45, 7) is 0.561. The Balaban J connectivity index is 1.98. The molecule has 1 aliphatic carbocycles. The third-order valence-electron chi connectivity index (χ3n) is 4.66. The Bertz CT molecular complexity index is 909. The molecule has 0 bridgehead atoms. The zero-order valence-electron chi connectivity index (χ0n) is 13.8. The van der Waals surface area contributed by atoms with Crippen LogP contribution in [0.3, 0.4) is 0 Å². The number of primary sulfonamides is 1. The van der Waals surface area contributed by atoms with Crippen LogP contribution in [0.4, 0.5) is 11.4 Å². The van der Waals surface area contributed by atoms with Crippen LogP contribution in [0.5, 0.6) is 0 Å². The molecule has 0 aromatic heterocycles. The van der Waals surface area contributed by atoms with Crippen LogP contribution in [0, 0.1) is 10.1 Å². The number of nitrogens with zero attached hydrogens (tertiary/aromatic N) is 2. The van der Waals surface area contributed by atoms with Gasteiger partial charge in [-0.15, -0.1) is 0 Å². The van der Waals surface area contributed by atoms with E-state index in [0.717, 1.165) is 18.9 Å². The van der Waals surface area contributed by atoms with Crippen LogP contribution in [0.1, 0.15) is 18.4 Å². The zero-order valence-corrected chi connectivity index (χ0v) is 14.6. The Hall–Kier alpha value is -2.45. The molecule has 2 aromatic carbocycles. The molecular formula is C17H19N3O4S. The van der Waals surface area contributed by atoms with Gasteiger partial charge in [-0.2, -0.15) is 0 Å². The highest BCUT2D eigenvalue weighted by molar-refractivity contribution is 7.89. The van der Waals surface area contributed by atoms with E-state index in [-0.39, 0.29) is 11.1 Å². The summed E-state index contributed by atoms with van der Waals surface area (Å²) < 4.78 is 23.4. The van der Waals surface area contributed by atoms with Crippen LogP contribution >= 0.6 is 0 Å². The predicted molar refractivity (Wildman–Crippen MR) is 95.1 cm³/mol. The van der Waals surface area contributed by atoms with E-state index in [9.17, 15) is 18.5 Å². The molecule has 0 heterocycles. The summed E-state index contributed by atoms with van der Waals surface area (Å²) >= 11 is 0. The Morgan fingerprint density at radius 1 is 1.16 bits per heavy atom. The third-order valence-corrected chi connectivity index (χ3v) is 5.60. The molecule has 1 aliphatic rings. The highest BCUT2D eigenvalue weighted by Crippen LogP contribution is 2.49. The number of anilines is 1. The second-order valence-corrected chi connectivity index (χ2v) is 7.96. The van der Waals surface area contributed by atoms with E-state index in [1.807, 2.05) is 18.2 Å². The van der Waals surface area contributed by atoms with Crippen molar-refractivity contribution in [2.24, 2.45) is 5.14 Å². The van der Waals surface area contributed by atoms with E-state index in [1.54, 1.807) is 18.0 Å². The molecule has 0 amide bonds. The molecule has 2 N–H and O–H groups in total. The number of nitrogens with two attached hydrogens (primary N) is 1. The van der Waals surface area contributed by atoms with Crippen LogP contribution in [-0.4, -0.2) is 26.9 Å². The average Bonchev–Trinajstić information content (AvgIpc) is 3.35. The van der Waals surface area contributed by atoms with Crippen molar-refractivity contribution < 1.29 is 13.3 Å². The van der Waals surface area contributed by atoms with Crippen molar-refractivity contribution in [1.29, 1.82) is 0 Å². The largest absolute Gasteiger partial charge is 0.368 e. The molecule has 7 nitrogen and oxygen atoms in total. The monoisotopic (exact) mass is 361 g/mol. The molecule has 0 saturated heterocycles. The Labute approximate surface area is 146 Å². The normalized spacial score (nSPS) is 15.6. The summed E-state index contributed by atoms with van der Waals surface area (Å²) in [7, 11) is -2.45. The van der Waals surface area contributed by atoms with Crippen molar-refractivity contribution in [2.45, 2.75) is 23.2 Å². The maximum Gasteiger partial charge on any atom is 0.312 e. The lowest BCUT2D eigenvalue weighted by Crippen LogP contribution is -2.30. The van der Waals surface area contributed by atoms with E-state index in [0.29, 0.717) is 6.54 Å². The van der Waals surface area contributed by atoms with Crippen molar-refractivity contribution in [3.8, 4) is 0 Å². The van der Waals surface area contributed by atoms with Crippen LogP contribution in [0.15, 0.2) is 53.4 Å². The van der Waals surface area contributed by atoms with Gasteiger partial charge in [0, 0.05) is 19.0 Å². The van der Waals surface area contributed by atoms with E-state index in [1.165, 1.54) is 11.6 Å². The first-order chi connectivity index (χ1) is 11.7. The van der Waals surface area contributed by atoms with Gasteiger partial charge < -0.3 is 4.90 Å². The Morgan fingerprint density at radius 3 is 2.32 bits per heavy atom. The van der Waals surface area contributed by atoms with Crippen molar-refractivity contribution >= 4 is 21.4 Å². The number of likely N-dealkylation sites (N-methyl/N-ethyl adjacent to an activating group) is 1. The van der Waals surface area contributed by atoms with E-state index in [2.05, 4.69) is 12.1 Å². The van der Waals surface area contributed by atoms with Gasteiger partial charge >= 0.3 is 5.69 Å². The first-order valence-corrected chi connectivity index (χ1v) is 9.36. The second-order valence-electron chi connectivity index (χ2n) is 6.43. The van der Waals surface area contributed by atoms with E-state index >= 15 is 0 Å². The van der Waals surface area contributed by atoms with Gasteiger partial charge in [0.05, 0.1) is 4.92 Å². The van der Waals surface area contributed by atoms with Gasteiger partial charge in [-0.1, -0.05) is 36.4 Å². The molecule has 0 atom stereocenters. The summed E-state index contributed by atoms with van der Waals surface area (Å²) in [6, 6.07) is 14.2. The standard InChI is InChI=1S/C17H19N3O4S/c1-19(12-17(10-11-17)13-6-3-2-4-7-13)14-8-5-9-15(25(18,23)24)16(14)20(21)22/h2-9H,10-12H2,1H3,(H2,18,23,24). The number of rotatable bonds is 6. The molecule has 3 rings (SSSR count). The fraction of sp³-hybridized carbons (Fsp3) is 0.294. The van der Waals surface area contributed by atoms with E-state index < -0.39 is 25.5 Å². The summed E-state index contributed by atoms with van der Waals surface area (Å²) in [5.74, 6) is 0. The number of hydrogen-bond donors (Lipinski definition) is 1. The van der Waals surface area contributed by atoms with Crippen LogP contribution < -0.4 is 10.0 Å². The summed E-state index contributed by atoms with van der Waals surface area (Å²) in [5.41, 5.74) is 0.906. The third kappa shape index (κ3) is 3.35.